The molecule has 0 amide bonds. The van der Waals surface area contributed by atoms with Gasteiger partial charge in [0.15, 0.2) is 0 Å². The Morgan fingerprint density at radius 3 is 2.41 bits per heavy atom. The number of imidazole rings is 1. The molecule has 0 saturated heterocycles. The topological polar surface area (TPSA) is 74.8 Å². The highest BCUT2D eigenvalue weighted by molar-refractivity contribution is 7.92. The standard InChI is InChI=1S/C21H19N3O2S/c1-14-7-11-17(12-8-14)27(25,26)24-16-10-9-15(2)18(13-16)21-22-19-5-3-4-6-20(19)23-21/h3-13,24H,1-2H3,(H,22,23). The SMILES string of the molecule is Cc1ccc(S(=O)(=O)Nc2ccc(C)c(-c3nc4ccccc4[nH]3)c2)cc1. The predicted octanol–water partition coefficient (Wildman–Crippen LogP) is 4.65. The van der Waals surface area contributed by atoms with Gasteiger partial charge in [0.25, 0.3) is 10.0 Å². The third kappa shape index (κ3) is 3.44. The number of nitrogens with zero attached hydrogens (tertiary/aromatic N) is 1. The lowest BCUT2D eigenvalue weighted by molar-refractivity contribution is 0.601. The van der Waals surface area contributed by atoms with Crippen molar-refractivity contribution < 1.29 is 8.42 Å². The Morgan fingerprint density at radius 1 is 0.926 bits per heavy atom. The average molecular weight is 377 g/mol. The maximum Gasteiger partial charge on any atom is 0.261 e. The van der Waals surface area contributed by atoms with Gasteiger partial charge in [-0.05, 0) is 55.8 Å². The molecule has 5 nitrogen and oxygen atoms in total. The van der Waals surface area contributed by atoms with Gasteiger partial charge in [-0.1, -0.05) is 35.9 Å². The van der Waals surface area contributed by atoms with Crippen LogP contribution in [0.3, 0.4) is 0 Å². The van der Waals surface area contributed by atoms with Crippen LogP contribution in [0.15, 0.2) is 71.6 Å². The minimum Gasteiger partial charge on any atom is -0.338 e. The number of fused-ring (bicyclic) bond motifs is 1. The van der Waals surface area contributed by atoms with Crippen molar-refractivity contribution in [2.75, 3.05) is 4.72 Å². The lowest BCUT2D eigenvalue weighted by Crippen LogP contribution is -2.13. The molecule has 136 valence electrons. The average Bonchev–Trinajstić information content (AvgIpc) is 3.07. The molecular formula is C21H19N3O2S. The van der Waals surface area contributed by atoms with E-state index in [4.69, 9.17) is 0 Å². The van der Waals surface area contributed by atoms with Crippen molar-refractivity contribution in [2.24, 2.45) is 0 Å². The van der Waals surface area contributed by atoms with Gasteiger partial charge in [-0.2, -0.15) is 0 Å². The summed E-state index contributed by atoms with van der Waals surface area (Å²) in [6.07, 6.45) is 0. The number of rotatable bonds is 4. The second-order valence-corrected chi connectivity index (χ2v) is 8.23. The molecule has 0 bridgehead atoms. The van der Waals surface area contributed by atoms with Crippen molar-refractivity contribution >= 4 is 26.7 Å². The van der Waals surface area contributed by atoms with E-state index >= 15 is 0 Å². The predicted molar refractivity (Wildman–Crippen MR) is 108 cm³/mol. The molecule has 6 heteroatoms. The van der Waals surface area contributed by atoms with E-state index in [2.05, 4.69) is 14.7 Å². The molecule has 2 N–H and O–H groups in total. The van der Waals surface area contributed by atoms with Crippen LogP contribution in [0, 0.1) is 13.8 Å². The fraction of sp³-hybridized carbons (Fsp3) is 0.0952. The Bertz CT molecular complexity index is 1190. The van der Waals surface area contributed by atoms with Gasteiger partial charge in [-0.15, -0.1) is 0 Å². The summed E-state index contributed by atoms with van der Waals surface area (Å²) in [5.74, 6) is 0.713. The van der Waals surface area contributed by atoms with Crippen LogP contribution < -0.4 is 4.72 Å². The van der Waals surface area contributed by atoms with Crippen LogP contribution in [0.25, 0.3) is 22.4 Å². The highest BCUT2D eigenvalue weighted by Gasteiger charge is 2.15. The number of hydrogen-bond donors (Lipinski definition) is 2. The van der Waals surface area contributed by atoms with E-state index in [9.17, 15) is 8.42 Å². The number of anilines is 1. The van der Waals surface area contributed by atoms with Gasteiger partial charge in [0.2, 0.25) is 0 Å². The summed E-state index contributed by atoms with van der Waals surface area (Å²) in [6.45, 7) is 3.89. The lowest BCUT2D eigenvalue weighted by Gasteiger charge is -2.11. The second kappa shape index (κ2) is 6.55. The van der Waals surface area contributed by atoms with Crippen LogP contribution in [-0.2, 0) is 10.0 Å². The molecule has 1 aromatic heterocycles. The van der Waals surface area contributed by atoms with Crippen LogP contribution in [0.1, 0.15) is 11.1 Å². The van der Waals surface area contributed by atoms with Gasteiger partial charge >= 0.3 is 0 Å². The van der Waals surface area contributed by atoms with Gasteiger partial charge in [0.1, 0.15) is 5.82 Å². The third-order valence-corrected chi connectivity index (χ3v) is 5.86. The van der Waals surface area contributed by atoms with Gasteiger partial charge in [0, 0.05) is 11.3 Å². The number of benzene rings is 3. The number of hydrogen-bond acceptors (Lipinski definition) is 3. The summed E-state index contributed by atoms with van der Waals surface area (Å²) in [5.41, 5.74) is 5.19. The first-order chi connectivity index (χ1) is 12.9. The number of aromatic amines is 1. The lowest BCUT2D eigenvalue weighted by atomic mass is 10.1. The van der Waals surface area contributed by atoms with Gasteiger partial charge < -0.3 is 4.98 Å². The zero-order chi connectivity index (χ0) is 19.0. The van der Waals surface area contributed by atoms with Crippen molar-refractivity contribution in [3.8, 4) is 11.4 Å². The Kier molecular flexibility index (Phi) is 4.20. The molecular weight excluding hydrogens is 358 g/mol. The first-order valence-electron chi connectivity index (χ1n) is 8.58. The van der Waals surface area contributed by atoms with Crippen LogP contribution in [0.2, 0.25) is 0 Å². The first-order valence-corrected chi connectivity index (χ1v) is 10.1. The number of H-pyrrole nitrogens is 1. The van der Waals surface area contributed by atoms with E-state index in [0.29, 0.717) is 11.5 Å². The quantitative estimate of drug-likeness (QED) is 0.544. The number of para-hydroxylation sites is 2. The van der Waals surface area contributed by atoms with E-state index in [0.717, 1.165) is 27.7 Å². The summed E-state index contributed by atoms with van der Waals surface area (Å²) < 4.78 is 28.0. The maximum atomic E-state index is 12.7. The first kappa shape index (κ1) is 17.3. The number of sulfonamides is 1. The Labute approximate surface area is 158 Å². The summed E-state index contributed by atoms with van der Waals surface area (Å²) in [4.78, 5) is 8.14. The minimum atomic E-state index is -3.65. The van der Waals surface area contributed by atoms with E-state index in [1.165, 1.54) is 0 Å². The molecule has 0 saturated carbocycles. The summed E-state index contributed by atoms with van der Waals surface area (Å²) in [5, 5.41) is 0. The summed E-state index contributed by atoms with van der Waals surface area (Å²) in [6, 6.07) is 20.0. The molecule has 0 aliphatic carbocycles. The zero-order valence-corrected chi connectivity index (χ0v) is 15.8. The minimum absolute atomic E-state index is 0.235. The molecule has 4 aromatic rings. The molecule has 0 radical (unpaired) electrons. The number of aryl methyl sites for hydroxylation is 2. The van der Waals surface area contributed by atoms with Crippen LogP contribution in [0.5, 0.6) is 0 Å². The van der Waals surface area contributed by atoms with Crippen molar-refractivity contribution in [3.63, 3.8) is 0 Å². The Morgan fingerprint density at radius 2 is 1.67 bits per heavy atom. The van der Waals surface area contributed by atoms with E-state index in [1.54, 1.807) is 36.4 Å². The molecule has 0 aliphatic rings. The monoisotopic (exact) mass is 377 g/mol. The molecule has 0 atom stereocenters. The second-order valence-electron chi connectivity index (χ2n) is 6.55. The van der Waals surface area contributed by atoms with Crippen LogP contribution in [0.4, 0.5) is 5.69 Å². The Balaban J connectivity index is 1.71. The molecule has 0 unspecified atom stereocenters. The summed E-state index contributed by atoms with van der Waals surface area (Å²) in [7, 11) is -3.65. The number of aromatic nitrogens is 2. The van der Waals surface area contributed by atoms with Crippen LogP contribution >= 0.6 is 0 Å². The largest absolute Gasteiger partial charge is 0.338 e. The van der Waals surface area contributed by atoms with Crippen molar-refractivity contribution in [3.05, 3.63) is 77.9 Å². The smallest absolute Gasteiger partial charge is 0.261 e. The fourth-order valence-corrected chi connectivity index (χ4v) is 4.00. The van der Waals surface area contributed by atoms with Gasteiger partial charge in [-0.25, -0.2) is 13.4 Å². The highest BCUT2D eigenvalue weighted by Crippen LogP contribution is 2.27. The van der Waals surface area contributed by atoms with Gasteiger partial charge in [0.05, 0.1) is 15.9 Å². The highest BCUT2D eigenvalue weighted by atomic mass is 32.2. The molecule has 0 aliphatic heterocycles. The summed E-state index contributed by atoms with van der Waals surface area (Å²) >= 11 is 0. The molecule has 1 heterocycles. The molecule has 4 rings (SSSR count). The normalized spacial score (nSPS) is 11.6. The van der Waals surface area contributed by atoms with Gasteiger partial charge in [-0.3, -0.25) is 4.72 Å². The van der Waals surface area contributed by atoms with Crippen molar-refractivity contribution in [1.29, 1.82) is 0 Å². The molecule has 3 aromatic carbocycles. The Hall–Kier alpha value is -3.12. The van der Waals surface area contributed by atoms with Crippen LogP contribution in [-0.4, -0.2) is 18.4 Å². The van der Waals surface area contributed by atoms with Crippen molar-refractivity contribution in [2.45, 2.75) is 18.7 Å². The fourth-order valence-electron chi connectivity index (χ4n) is 2.95. The molecule has 0 fully saturated rings. The van der Waals surface area contributed by atoms with E-state index in [1.807, 2.05) is 44.2 Å². The molecule has 0 spiro atoms. The zero-order valence-electron chi connectivity index (χ0n) is 15.0. The van der Waals surface area contributed by atoms with E-state index < -0.39 is 10.0 Å². The molecule has 27 heavy (non-hydrogen) atoms. The number of nitrogens with one attached hydrogen (secondary N) is 2. The van der Waals surface area contributed by atoms with Crippen molar-refractivity contribution in [1.82, 2.24) is 9.97 Å². The maximum absolute atomic E-state index is 12.7. The third-order valence-electron chi connectivity index (χ3n) is 4.47. The van der Waals surface area contributed by atoms with E-state index in [-0.39, 0.29) is 4.90 Å².